The molecule has 3 aliphatic carbocycles. The standard InChI is InChI=1S/C34H34ClN3O5/c35-20-12-13-22-26(18-20)38-25-10-4-3-8-21(25)31(22)36-14-5-1-2-6-15-37-34(43)19-16-24-30(28(40)17-19)33(42)29-23(32(24)41)9-7-11-27(29)39/h7,9,11-13,16-18,24,30,39-40H,1-6,8,10,14-15H2,(H,36,38)(H,37,43). The van der Waals surface area contributed by atoms with Gasteiger partial charge in [0, 0.05) is 46.0 Å². The number of phenols is 1. The highest BCUT2D eigenvalue weighted by atomic mass is 35.5. The molecule has 0 saturated carbocycles. The number of pyridine rings is 1. The van der Waals surface area contributed by atoms with Crippen LogP contribution in [0.15, 0.2) is 59.9 Å². The molecular formula is C34H34ClN3O5. The molecule has 3 aliphatic rings. The monoisotopic (exact) mass is 599 g/mol. The van der Waals surface area contributed by atoms with Crippen LogP contribution in [0.3, 0.4) is 0 Å². The summed E-state index contributed by atoms with van der Waals surface area (Å²) in [6, 6.07) is 10.2. The Morgan fingerprint density at radius 3 is 2.60 bits per heavy atom. The number of phenolic OH excluding ortho intramolecular Hbond substituents is 1. The highest BCUT2D eigenvalue weighted by Crippen LogP contribution is 2.41. The summed E-state index contributed by atoms with van der Waals surface area (Å²) in [5.74, 6) is -4.09. The molecule has 222 valence electrons. The SMILES string of the molecule is O=C(NCCCCCCNc1c2c(nc3cc(Cl)ccc13)CCCC2)C1=CC2C(=O)c3cccc(O)c3C(=O)C2C(O)=C1. The Morgan fingerprint density at radius 1 is 0.977 bits per heavy atom. The topological polar surface area (TPSA) is 129 Å². The molecule has 43 heavy (non-hydrogen) atoms. The minimum absolute atomic E-state index is 0.0800. The molecule has 0 spiro atoms. The van der Waals surface area contributed by atoms with Gasteiger partial charge in [0.15, 0.2) is 11.6 Å². The number of halogens is 1. The second kappa shape index (κ2) is 12.2. The van der Waals surface area contributed by atoms with Gasteiger partial charge < -0.3 is 20.8 Å². The van der Waals surface area contributed by atoms with E-state index < -0.39 is 29.3 Å². The Kier molecular flexibility index (Phi) is 8.21. The lowest BCUT2D eigenvalue weighted by Gasteiger charge is -2.31. The van der Waals surface area contributed by atoms with Crippen LogP contribution in [0.1, 0.15) is 70.5 Å². The summed E-state index contributed by atoms with van der Waals surface area (Å²) in [6.07, 6.45) is 10.8. The van der Waals surface area contributed by atoms with E-state index in [2.05, 4.69) is 10.6 Å². The number of fused-ring (bicyclic) bond motifs is 4. The molecule has 9 heteroatoms. The predicted octanol–water partition coefficient (Wildman–Crippen LogP) is 6.25. The van der Waals surface area contributed by atoms with Crippen LogP contribution in [0, 0.1) is 11.8 Å². The fourth-order valence-corrected chi connectivity index (χ4v) is 6.66. The molecule has 8 nitrogen and oxygen atoms in total. The number of hydrogen-bond donors (Lipinski definition) is 4. The first-order chi connectivity index (χ1) is 20.8. The van der Waals surface area contributed by atoms with Gasteiger partial charge in [-0.25, -0.2) is 0 Å². The molecule has 1 heterocycles. The maximum absolute atomic E-state index is 13.1. The third-order valence-corrected chi connectivity index (χ3v) is 8.89. The van der Waals surface area contributed by atoms with Gasteiger partial charge in [-0.15, -0.1) is 0 Å². The van der Waals surface area contributed by atoms with Crippen LogP contribution in [0.5, 0.6) is 5.75 Å². The molecule has 0 radical (unpaired) electrons. The summed E-state index contributed by atoms with van der Waals surface area (Å²) >= 11 is 6.23. The zero-order chi connectivity index (χ0) is 30.1. The molecule has 0 bridgehead atoms. The summed E-state index contributed by atoms with van der Waals surface area (Å²) in [6.45, 7) is 1.30. The average molecular weight is 600 g/mol. The van der Waals surface area contributed by atoms with Crippen LogP contribution in [0.2, 0.25) is 5.02 Å². The lowest BCUT2D eigenvalue weighted by molar-refractivity contribution is -0.117. The highest BCUT2D eigenvalue weighted by Gasteiger charge is 2.46. The summed E-state index contributed by atoms with van der Waals surface area (Å²) in [4.78, 5) is 43.8. The van der Waals surface area contributed by atoms with Crippen molar-refractivity contribution in [3.05, 3.63) is 87.3 Å². The maximum atomic E-state index is 13.1. The van der Waals surface area contributed by atoms with E-state index in [0.29, 0.717) is 11.6 Å². The number of aliphatic hydroxyl groups is 1. The van der Waals surface area contributed by atoms with Crippen molar-refractivity contribution >= 4 is 45.7 Å². The molecule has 0 saturated heterocycles. The summed E-state index contributed by atoms with van der Waals surface area (Å²) in [5.41, 5.74) is 4.80. The van der Waals surface area contributed by atoms with Gasteiger partial charge in [0.2, 0.25) is 0 Å². The Bertz CT molecular complexity index is 1700. The molecule has 3 aromatic rings. The number of Topliss-reactive ketones (excluding diaryl/α,β-unsaturated/α-hetero) is 2. The van der Waals surface area contributed by atoms with E-state index in [4.69, 9.17) is 16.6 Å². The number of benzene rings is 2. The van der Waals surface area contributed by atoms with Crippen LogP contribution >= 0.6 is 11.6 Å². The zero-order valence-electron chi connectivity index (χ0n) is 23.8. The summed E-state index contributed by atoms with van der Waals surface area (Å²) in [7, 11) is 0. The molecule has 2 atom stereocenters. The van der Waals surface area contributed by atoms with Gasteiger partial charge in [0.05, 0.1) is 22.9 Å². The van der Waals surface area contributed by atoms with Crippen LogP contribution < -0.4 is 10.6 Å². The fourth-order valence-electron chi connectivity index (χ4n) is 6.50. The number of carbonyl (C=O) groups is 3. The number of nitrogens with zero attached hydrogens (tertiary/aromatic N) is 1. The van der Waals surface area contributed by atoms with Crippen molar-refractivity contribution in [3.63, 3.8) is 0 Å². The molecule has 2 unspecified atom stereocenters. The number of ketones is 2. The molecule has 6 rings (SSSR count). The first kappa shape index (κ1) is 28.9. The zero-order valence-corrected chi connectivity index (χ0v) is 24.5. The lowest BCUT2D eigenvalue weighted by atomic mass is 9.70. The Morgan fingerprint density at radius 2 is 1.77 bits per heavy atom. The van der Waals surface area contributed by atoms with Gasteiger partial charge in [-0.1, -0.05) is 42.7 Å². The van der Waals surface area contributed by atoms with Gasteiger partial charge >= 0.3 is 0 Å². The molecule has 0 fully saturated rings. The quantitative estimate of drug-likeness (QED) is 0.214. The lowest BCUT2D eigenvalue weighted by Crippen LogP contribution is -2.39. The van der Waals surface area contributed by atoms with Gasteiger partial charge in [0.1, 0.15) is 11.5 Å². The molecule has 1 amide bonds. The van der Waals surface area contributed by atoms with Crippen LogP contribution in [-0.2, 0) is 17.6 Å². The van der Waals surface area contributed by atoms with Gasteiger partial charge in [-0.3, -0.25) is 19.4 Å². The number of carbonyl (C=O) groups excluding carboxylic acids is 3. The number of aromatic hydroxyl groups is 1. The number of aryl methyl sites for hydroxylation is 1. The number of aliphatic hydroxyl groups excluding tert-OH is 1. The predicted molar refractivity (Wildman–Crippen MR) is 166 cm³/mol. The van der Waals surface area contributed by atoms with E-state index in [0.717, 1.165) is 62.4 Å². The maximum Gasteiger partial charge on any atom is 0.251 e. The van der Waals surface area contributed by atoms with Crippen molar-refractivity contribution in [1.29, 1.82) is 0 Å². The van der Waals surface area contributed by atoms with Gasteiger partial charge in [0.25, 0.3) is 5.91 Å². The van der Waals surface area contributed by atoms with E-state index >= 15 is 0 Å². The smallest absolute Gasteiger partial charge is 0.251 e. The van der Waals surface area contributed by atoms with E-state index in [1.54, 1.807) is 0 Å². The molecular weight excluding hydrogens is 566 g/mol. The van der Waals surface area contributed by atoms with Crippen molar-refractivity contribution in [2.45, 2.75) is 51.4 Å². The number of hydrogen-bond acceptors (Lipinski definition) is 7. The van der Waals surface area contributed by atoms with E-state index in [9.17, 15) is 24.6 Å². The Balaban J connectivity index is 0.989. The highest BCUT2D eigenvalue weighted by molar-refractivity contribution is 6.31. The second-order valence-electron chi connectivity index (χ2n) is 11.5. The summed E-state index contributed by atoms with van der Waals surface area (Å²) in [5, 5.41) is 29.1. The van der Waals surface area contributed by atoms with Gasteiger partial charge in [-0.05, 0) is 74.4 Å². The van der Waals surface area contributed by atoms with Crippen molar-refractivity contribution < 1.29 is 24.6 Å². The normalized spacial score (nSPS) is 19.2. The number of unbranched alkanes of at least 4 members (excludes halogenated alkanes) is 3. The van der Waals surface area contributed by atoms with Crippen molar-refractivity contribution in [2.24, 2.45) is 11.8 Å². The van der Waals surface area contributed by atoms with Crippen molar-refractivity contribution in [3.8, 4) is 5.75 Å². The number of rotatable bonds is 9. The van der Waals surface area contributed by atoms with Crippen LogP contribution in [-0.4, -0.2) is 45.8 Å². The van der Waals surface area contributed by atoms with E-state index in [1.807, 2.05) is 18.2 Å². The Hall–Kier alpha value is -4.17. The number of aromatic nitrogens is 1. The second-order valence-corrected chi connectivity index (χ2v) is 11.9. The van der Waals surface area contributed by atoms with Crippen molar-refractivity contribution in [2.75, 3.05) is 18.4 Å². The van der Waals surface area contributed by atoms with Crippen LogP contribution in [0.4, 0.5) is 5.69 Å². The molecule has 2 aromatic carbocycles. The fraction of sp³-hybridized carbons (Fsp3) is 0.353. The molecule has 1 aromatic heterocycles. The molecule has 4 N–H and O–H groups in total. The van der Waals surface area contributed by atoms with Gasteiger partial charge in [-0.2, -0.15) is 0 Å². The third kappa shape index (κ3) is 5.64. The number of allylic oxidation sites excluding steroid dienone is 2. The third-order valence-electron chi connectivity index (χ3n) is 8.66. The minimum atomic E-state index is -1.13. The number of anilines is 1. The Labute approximate surface area is 254 Å². The first-order valence-electron chi connectivity index (χ1n) is 15.0. The van der Waals surface area contributed by atoms with Crippen LogP contribution in [0.25, 0.3) is 10.9 Å². The largest absolute Gasteiger partial charge is 0.511 e. The summed E-state index contributed by atoms with van der Waals surface area (Å²) < 4.78 is 0. The number of amides is 1. The van der Waals surface area contributed by atoms with E-state index in [-0.39, 0.29) is 28.2 Å². The minimum Gasteiger partial charge on any atom is -0.511 e. The van der Waals surface area contributed by atoms with E-state index in [1.165, 1.54) is 53.7 Å². The average Bonchev–Trinajstić information content (AvgIpc) is 2.99. The first-order valence-corrected chi connectivity index (χ1v) is 15.4. The number of nitrogens with one attached hydrogen (secondary N) is 2. The van der Waals surface area contributed by atoms with Crippen molar-refractivity contribution in [1.82, 2.24) is 10.3 Å². The molecule has 0 aliphatic heterocycles.